The van der Waals surface area contributed by atoms with E-state index >= 15 is 0 Å². The third kappa shape index (κ3) is 2.31. The van der Waals surface area contributed by atoms with Crippen LogP contribution in [0.5, 0.6) is 0 Å². The highest BCUT2D eigenvalue weighted by Crippen LogP contribution is 2.57. The van der Waals surface area contributed by atoms with Crippen LogP contribution in [0.1, 0.15) is 60.0 Å². The molecule has 4 fully saturated rings. The third-order valence-electron chi connectivity index (χ3n) is 6.92. The molecule has 0 aliphatic heterocycles. The molecule has 5 aliphatic rings. The molecule has 132 valence electrons. The first-order chi connectivity index (χ1) is 11.9. The normalized spacial score (nSPS) is 41.0. The predicted octanol–water partition coefficient (Wildman–Crippen LogP) is 4.22. The molecule has 4 saturated carbocycles. The summed E-state index contributed by atoms with van der Waals surface area (Å²) in [6.07, 6.45) is 6.97. The lowest BCUT2D eigenvalue weighted by atomic mass is 9.54. The molecule has 0 heterocycles. The van der Waals surface area contributed by atoms with E-state index in [-0.39, 0.29) is 17.8 Å². The molecule has 1 unspecified atom stereocenters. The Morgan fingerprint density at radius 2 is 1.72 bits per heavy atom. The maximum absolute atomic E-state index is 13.0. The molecule has 0 radical (unpaired) electrons. The summed E-state index contributed by atoms with van der Waals surface area (Å²) in [5, 5.41) is 0. The van der Waals surface area contributed by atoms with Crippen LogP contribution in [0.3, 0.4) is 0 Å². The fraction of sp³-hybridized carbons (Fsp3) is 0.619. The molecule has 0 N–H and O–H groups in total. The minimum absolute atomic E-state index is 0.244. The van der Waals surface area contributed by atoms with Crippen LogP contribution in [-0.4, -0.2) is 22.2 Å². The Bertz CT molecular complexity index is 748. The first kappa shape index (κ1) is 15.9. The van der Waals surface area contributed by atoms with E-state index in [2.05, 4.69) is 0 Å². The molecule has 3 nitrogen and oxygen atoms in total. The summed E-state index contributed by atoms with van der Waals surface area (Å²) in [5.41, 5.74) is 2.08. The summed E-state index contributed by atoms with van der Waals surface area (Å²) < 4.78 is 6.08. The second kappa shape index (κ2) is 5.09. The van der Waals surface area contributed by atoms with Crippen molar-refractivity contribution in [1.82, 2.24) is 0 Å². The fourth-order valence-corrected chi connectivity index (χ4v) is 6.49. The van der Waals surface area contributed by atoms with E-state index in [9.17, 15) is 9.59 Å². The maximum atomic E-state index is 13.0. The Morgan fingerprint density at radius 3 is 2.32 bits per heavy atom. The molecule has 25 heavy (non-hydrogen) atoms. The SMILES string of the molecule is Cc1ccc2c(c1)C(=O)C(Cl)(C(=O)OC13CC4CC(CC(C4)C1)C3)C2. The number of ether oxygens (including phenoxy) is 1. The standard InChI is InChI=1S/C21H23ClO3/c1-12-2-3-16-11-21(22,18(23)17(16)4-12)19(24)25-20-8-13-5-14(9-20)7-15(6-13)10-20/h2-4,13-15H,5-11H2,1H3. The second-order valence-corrected chi connectivity index (χ2v) is 9.60. The average Bonchev–Trinajstić information content (AvgIpc) is 2.78. The van der Waals surface area contributed by atoms with Gasteiger partial charge in [0.15, 0.2) is 5.78 Å². The molecular formula is C21H23ClO3. The number of hydrogen-bond acceptors (Lipinski definition) is 3. The van der Waals surface area contributed by atoms with Crippen LogP contribution in [0.2, 0.25) is 0 Å². The lowest BCUT2D eigenvalue weighted by Crippen LogP contribution is -2.55. The Hall–Kier alpha value is -1.35. The number of alkyl halides is 1. The van der Waals surface area contributed by atoms with Crippen molar-refractivity contribution in [3.05, 3.63) is 34.9 Å². The highest BCUT2D eigenvalue weighted by atomic mass is 35.5. The molecule has 4 heteroatoms. The minimum atomic E-state index is -1.57. The number of aryl methyl sites for hydroxylation is 1. The highest BCUT2D eigenvalue weighted by Gasteiger charge is 2.57. The summed E-state index contributed by atoms with van der Waals surface area (Å²) >= 11 is 6.61. The molecular weight excluding hydrogens is 336 g/mol. The van der Waals surface area contributed by atoms with Crippen molar-refractivity contribution in [2.24, 2.45) is 17.8 Å². The summed E-state index contributed by atoms with van der Waals surface area (Å²) in [4.78, 5) is 24.3. The largest absolute Gasteiger partial charge is 0.457 e. The predicted molar refractivity (Wildman–Crippen MR) is 94.8 cm³/mol. The van der Waals surface area contributed by atoms with Gasteiger partial charge in [-0.15, -0.1) is 0 Å². The van der Waals surface area contributed by atoms with E-state index in [1.807, 2.05) is 25.1 Å². The van der Waals surface area contributed by atoms with Crippen LogP contribution < -0.4 is 0 Å². The molecule has 4 bridgehead atoms. The van der Waals surface area contributed by atoms with E-state index in [0.717, 1.165) is 30.4 Å². The second-order valence-electron chi connectivity index (χ2n) is 8.96. The molecule has 0 spiro atoms. The van der Waals surface area contributed by atoms with Gasteiger partial charge in [0.05, 0.1) is 0 Å². The van der Waals surface area contributed by atoms with Gasteiger partial charge in [0.2, 0.25) is 4.87 Å². The zero-order valence-electron chi connectivity index (χ0n) is 14.5. The van der Waals surface area contributed by atoms with Gasteiger partial charge in [0, 0.05) is 12.0 Å². The average molecular weight is 359 g/mol. The monoisotopic (exact) mass is 358 g/mol. The van der Waals surface area contributed by atoms with E-state index in [0.29, 0.717) is 23.3 Å². The topological polar surface area (TPSA) is 43.4 Å². The molecule has 0 amide bonds. The van der Waals surface area contributed by atoms with Gasteiger partial charge < -0.3 is 4.74 Å². The number of halogens is 1. The number of rotatable bonds is 2. The van der Waals surface area contributed by atoms with E-state index < -0.39 is 10.8 Å². The van der Waals surface area contributed by atoms with Gasteiger partial charge in [-0.1, -0.05) is 29.3 Å². The van der Waals surface area contributed by atoms with Crippen LogP contribution in [-0.2, 0) is 16.0 Å². The Labute approximate surface area is 153 Å². The van der Waals surface area contributed by atoms with Crippen molar-refractivity contribution in [2.75, 3.05) is 0 Å². The first-order valence-electron chi connectivity index (χ1n) is 9.44. The van der Waals surface area contributed by atoms with Crippen molar-refractivity contribution >= 4 is 23.4 Å². The number of Topliss-reactive ketones (excluding diaryl/α,β-unsaturated/α-hetero) is 1. The van der Waals surface area contributed by atoms with Crippen LogP contribution in [0.15, 0.2) is 18.2 Å². The number of ketones is 1. The smallest absolute Gasteiger partial charge is 0.336 e. The minimum Gasteiger partial charge on any atom is -0.457 e. The van der Waals surface area contributed by atoms with Crippen LogP contribution in [0, 0.1) is 24.7 Å². The van der Waals surface area contributed by atoms with Crippen molar-refractivity contribution in [3.63, 3.8) is 0 Å². The molecule has 0 saturated heterocycles. The number of benzene rings is 1. The summed E-state index contributed by atoms with van der Waals surface area (Å²) in [5.74, 6) is 1.25. The molecule has 6 rings (SSSR count). The van der Waals surface area contributed by atoms with Crippen molar-refractivity contribution in [1.29, 1.82) is 0 Å². The first-order valence-corrected chi connectivity index (χ1v) is 9.81. The number of fused-ring (bicyclic) bond motifs is 1. The van der Waals surface area contributed by atoms with Crippen LogP contribution in [0.25, 0.3) is 0 Å². The summed E-state index contributed by atoms with van der Waals surface area (Å²) in [6, 6.07) is 5.70. The van der Waals surface area contributed by atoms with Gasteiger partial charge in [0.1, 0.15) is 5.60 Å². The number of carbonyl (C=O) groups is 2. The van der Waals surface area contributed by atoms with Gasteiger partial charge in [0.25, 0.3) is 0 Å². The maximum Gasteiger partial charge on any atom is 0.336 e. The van der Waals surface area contributed by atoms with Crippen molar-refractivity contribution in [2.45, 2.75) is 62.3 Å². The van der Waals surface area contributed by atoms with Gasteiger partial charge in [-0.05, 0) is 74.8 Å². The lowest BCUT2D eigenvalue weighted by Gasteiger charge is -2.56. The number of carbonyl (C=O) groups excluding carboxylic acids is 2. The van der Waals surface area contributed by atoms with Gasteiger partial charge >= 0.3 is 5.97 Å². The van der Waals surface area contributed by atoms with Crippen molar-refractivity contribution < 1.29 is 14.3 Å². The molecule has 5 aliphatic carbocycles. The third-order valence-corrected chi connectivity index (χ3v) is 7.38. The van der Waals surface area contributed by atoms with Gasteiger partial charge in [-0.3, -0.25) is 4.79 Å². The highest BCUT2D eigenvalue weighted by molar-refractivity contribution is 6.49. The van der Waals surface area contributed by atoms with Gasteiger partial charge in [-0.25, -0.2) is 4.79 Å². The Balaban J connectivity index is 1.41. The lowest BCUT2D eigenvalue weighted by molar-refractivity contribution is -0.188. The molecule has 1 atom stereocenters. The summed E-state index contributed by atoms with van der Waals surface area (Å²) in [7, 11) is 0. The van der Waals surface area contributed by atoms with E-state index in [1.54, 1.807) is 0 Å². The Morgan fingerprint density at radius 1 is 1.12 bits per heavy atom. The molecule has 0 aromatic heterocycles. The zero-order chi connectivity index (χ0) is 17.4. The van der Waals surface area contributed by atoms with Gasteiger partial charge in [-0.2, -0.15) is 0 Å². The Kier molecular flexibility index (Phi) is 3.23. The molecule has 1 aromatic carbocycles. The van der Waals surface area contributed by atoms with Crippen LogP contribution >= 0.6 is 11.6 Å². The van der Waals surface area contributed by atoms with E-state index in [4.69, 9.17) is 16.3 Å². The quantitative estimate of drug-likeness (QED) is 0.451. The van der Waals surface area contributed by atoms with Crippen LogP contribution in [0.4, 0.5) is 0 Å². The number of esters is 1. The zero-order valence-corrected chi connectivity index (χ0v) is 15.3. The number of hydrogen-bond donors (Lipinski definition) is 0. The van der Waals surface area contributed by atoms with Crippen molar-refractivity contribution in [3.8, 4) is 0 Å². The molecule has 1 aromatic rings. The van der Waals surface area contributed by atoms with E-state index in [1.165, 1.54) is 19.3 Å². The summed E-state index contributed by atoms with van der Waals surface area (Å²) in [6.45, 7) is 1.94. The fourth-order valence-electron chi connectivity index (χ4n) is 6.21.